The zero-order valence-electron chi connectivity index (χ0n) is 12.4. The normalized spacial score (nSPS) is 12.7. The molecule has 1 unspecified atom stereocenters. The van der Waals surface area contributed by atoms with E-state index in [0.717, 1.165) is 13.0 Å². The lowest BCUT2D eigenvalue weighted by atomic mass is 10.00. The second-order valence-corrected chi connectivity index (χ2v) is 5.51. The minimum atomic E-state index is 0.154. The van der Waals surface area contributed by atoms with E-state index in [1.165, 1.54) is 27.8 Å². The first-order valence-electron chi connectivity index (χ1n) is 6.99. The lowest BCUT2D eigenvalue weighted by Crippen LogP contribution is -2.08. The summed E-state index contributed by atoms with van der Waals surface area (Å²) >= 11 is 0. The van der Waals surface area contributed by atoms with Gasteiger partial charge in [-0.05, 0) is 55.5 Å². The van der Waals surface area contributed by atoms with Gasteiger partial charge in [0.25, 0.3) is 0 Å². The van der Waals surface area contributed by atoms with Crippen LogP contribution in [0.25, 0.3) is 0 Å². The molecule has 0 aliphatic heterocycles. The van der Waals surface area contributed by atoms with E-state index in [1.54, 1.807) is 0 Å². The summed E-state index contributed by atoms with van der Waals surface area (Å²) in [7, 11) is 0. The van der Waals surface area contributed by atoms with E-state index < -0.39 is 0 Å². The molecule has 19 heavy (non-hydrogen) atoms. The van der Waals surface area contributed by atoms with Crippen LogP contribution >= 0.6 is 0 Å². The summed E-state index contributed by atoms with van der Waals surface area (Å²) in [5.41, 5.74) is 12.8. The number of benzene rings is 1. The second-order valence-electron chi connectivity index (χ2n) is 5.51. The van der Waals surface area contributed by atoms with Crippen molar-refractivity contribution in [3.63, 3.8) is 0 Å². The van der Waals surface area contributed by atoms with Crippen LogP contribution in [0.4, 0.5) is 0 Å². The van der Waals surface area contributed by atoms with E-state index in [1.807, 2.05) is 0 Å². The molecule has 0 saturated carbocycles. The van der Waals surface area contributed by atoms with E-state index in [-0.39, 0.29) is 6.04 Å². The maximum absolute atomic E-state index is 6.07. The fraction of sp³-hybridized carbons (Fsp3) is 0.412. The summed E-state index contributed by atoms with van der Waals surface area (Å²) in [5.74, 6) is 0. The van der Waals surface area contributed by atoms with Gasteiger partial charge in [0.15, 0.2) is 0 Å². The Morgan fingerprint density at radius 1 is 1.16 bits per heavy atom. The number of nitrogens with two attached hydrogens (primary N) is 1. The Labute approximate surface area is 116 Å². The molecule has 2 N–H and O–H groups in total. The lowest BCUT2D eigenvalue weighted by molar-refractivity contribution is 0.692. The molecule has 0 amide bonds. The highest BCUT2D eigenvalue weighted by molar-refractivity contribution is 5.37. The molecule has 0 fully saturated rings. The van der Waals surface area contributed by atoms with Gasteiger partial charge in [-0.2, -0.15) is 0 Å². The molecule has 0 radical (unpaired) electrons. The van der Waals surface area contributed by atoms with Gasteiger partial charge in [-0.25, -0.2) is 0 Å². The Bertz CT molecular complexity index is 543. The Balaban J connectivity index is 2.24. The average Bonchev–Trinajstić information content (AvgIpc) is 2.81. The Hall–Kier alpha value is -1.54. The zero-order chi connectivity index (χ0) is 14.0. The largest absolute Gasteiger partial charge is 0.350 e. The van der Waals surface area contributed by atoms with Crippen molar-refractivity contribution in [1.82, 2.24) is 4.57 Å². The van der Waals surface area contributed by atoms with Crippen LogP contribution in [0.3, 0.4) is 0 Å². The van der Waals surface area contributed by atoms with Gasteiger partial charge < -0.3 is 10.3 Å². The van der Waals surface area contributed by atoms with Gasteiger partial charge in [0.2, 0.25) is 0 Å². The standard InChI is InChI=1S/C17H24N2/c1-5-17(18)15-6-7-19(10-15)11-16-13(3)8-12(2)9-14(16)4/h6-10,17H,5,11,18H2,1-4H3. The van der Waals surface area contributed by atoms with Crippen LogP contribution < -0.4 is 5.73 Å². The van der Waals surface area contributed by atoms with Crippen molar-refractivity contribution >= 4 is 0 Å². The molecule has 2 rings (SSSR count). The quantitative estimate of drug-likeness (QED) is 0.884. The smallest absolute Gasteiger partial charge is 0.0475 e. The first kappa shape index (κ1) is 13.9. The number of aromatic nitrogens is 1. The molecule has 2 nitrogen and oxygen atoms in total. The molecule has 0 aliphatic rings. The summed E-state index contributed by atoms with van der Waals surface area (Å²) in [4.78, 5) is 0. The molecule has 102 valence electrons. The molecule has 0 bridgehead atoms. The first-order valence-corrected chi connectivity index (χ1v) is 6.99. The highest BCUT2D eigenvalue weighted by Crippen LogP contribution is 2.19. The van der Waals surface area contributed by atoms with Crippen molar-refractivity contribution in [1.29, 1.82) is 0 Å². The van der Waals surface area contributed by atoms with E-state index >= 15 is 0 Å². The molecule has 2 heteroatoms. The van der Waals surface area contributed by atoms with E-state index in [4.69, 9.17) is 5.73 Å². The number of aryl methyl sites for hydroxylation is 3. The predicted molar refractivity (Wildman–Crippen MR) is 81.4 cm³/mol. The number of nitrogens with zero attached hydrogens (tertiary/aromatic N) is 1. The van der Waals surface area contributed by atoms with Gasteiger partial charge in [-0.15, -0.1) is 0 Å². The summed E-state index contributed by atoms with van der Waals surface area (Å²) < 4.78 is 2.23. The highest BCUT2D eigenvalue weighted by Gasteiger charge is 2.08. The minimum Gasteiger partial charge on any atom is -0.350 e. The van der Waals surface area contributed by atoms with Gasteiger partial charge in [0.05, 0.1) is 0 Å². The van der Waals surface area contributed by atoms with E-state index in [0.29, 0.717) is 0 Å². The zero-order valence-corrected chi connectivity index (χ0v) is 12.4. The molecule has 0 spiro atoms. The van der Waals surface area contributed by atoms with Crippen molar-refractivity contribution < 1.29 is 0 Å². The Morgan fingerprint density at radius 2 is 1.79 bits per heavy atom. The Kier molecular flexibility index (Phi) is 4.11. The van der Waals surface area contributed by atoms with Crippen LogP contribution in [0, 0.1) is 20.8 Å². The third-order valence-corrected chi connectivity index (χ3v) is 3.82. The molecule has 1 aromatic carbocycles. The minimum absolute atomic E-state index is 0.154. The van der Waals surface area contributed by atoms with Gasteiger partial charge in [-0.3, -0.25) is 0 Å². The SMILES string of the molecule is CCC(N)c1ccn(Cc2c(C)cc(C)cc2C)c1. The number of hydrogen-bond acceptors (Lipinski definition) is 1. The van der Waals surface area contributed by atoms with E-state index in [2.05, 4.69) is 62.9 Å². The van der Waals surface area contributed by atoms with Crippen LogP contribution in [0.2, 0.25) is 0 Å². The third-order valence-electron chi connectivity index (χ3n) is 3.82. The van der Waals surface area contributed by atoms with Crippen LogP contribution in [0.1, 0.15) is 47.2 Å². The van der Waals surface area contributed by atoms with Crippen LogP contribution in [0.5, 0.6) is 0 Å². The van der Waals surface area contributed by atoms with Crippen LogP contribution in [-0.2, 0) is 6.54 Å². The van der Waals surface area contributed by atoms with Gasteiger partial charge in [-0.1, -0.05) is 24.6 Å². The van der Waals surface area contributed by atoms with E-state index in [9.17, 15) is 0 Å². The topological polar surface area (TPSA) is 30.9 Å². The van der Waals surface area contributed by atoms with Crippen molar-refractivity contribution in [3.8, 4) is 0 Å². The number of rotatable bonds is 4. The van der Waals surface area contributed by atoms with Gasteiger partial charge in [0, 0.05) is 25.0 Å². The maximum atomic E-state index is 6.07. The van der Waals surface area contributed by atoms with Crippen molar-refractivity contribution in [2.75, 3.05) is 0 Å². The fourth-order valence-corrected chi connectivity index (χ4v) is 2.65. The van der Waals surface area contributed by atoms with Crippen LogP contribution in [-0.4, -0.2) is 4.57 Å². The van der Waals surface area contributed by atoms with Crippen molar-refractivity contribution in [2.45, 2.75) is 46.7 Å². The Morgan fingerprint density at radius 3 is 2.37 bits per heavy atom. The fourth-order valence-electron chi connectivity index (χ4n) is 2.65. The predicted octanol–water partition coefficient (Wildman–Crippen LogP) is 3.87. The molecule has 1 atom stereocenters. The molecule has 0 saturated heterocycles. The summed E-state index contributed by atoms with van der Waals surface area (Å²) in [6.07, 6.45) is 5.28. The summed E-state index contributed by atoms with van der Waals surface area (Å²) in [6, 6.07) is 6.80. The first-order chi connectivity index (χ1) is 9.01. The molecule has 2 aromatic rings. The molecular weight excluding hydrogens is 232 g/mol. The molecule has 0 aliphatic carbocycles. The van der Waals surface area contributed by atoms with Crippen molar-refractivity contribution in [3.05, 3.63) is 58.4 Å². The maximum Gasteiger partial charge on any atom is 0.0475 e. The summed E-state index contributed by atoms with van der Waals surface area (Å²) in [6.45, 7) is 9.58. The third kappa shape index (κ3) is 3.07. The van der Waals surface area contributed by atoms with Gasteiger partial charge >= 0.3 is 0 Å². The second kappa shape index (κ2) is 5.62. The van der Waals surface area contributed by atoms with Gasteiger partial charge in [0.1, 0.15) is 0 Å². The average molecular weight is 256 g/mol. The van der Waals surface area contributed by atoms with Crippen LogP contribution in [0.15, 0.2) is 30.6 Å². The van der Waals surface area contributed by atoms with Crippen molar-refractivity contribution in [2.24, 2.45) is 5.73 Å². The highest BCUT2D eigenvalue weighted by atomic mass is 14.9. The number of hydrogen-bond donors (Lipinski definition) is 1. The summed E-state index contributed by atoms with van der Waals surface area (Å²) in [5, 5.41) is 0. The molecule has 1 heterocycles. The molecule has 1 aromatic heterocycles. The lowest BCUT2D eigenvalue weighted by Gasteiger charge is -2.12. The monoisotopic (exact) mass is 256 g/mol. The molecular formula is C17H24N2.